The Morgan fingerprint density at radius 1 is 1.37 bits per heavy atom. The third-order valence-corrected chi connectivity index (χ3v) is 5.91. The molecule has 27 heavy (non-hydrogen) atoms. The van der Waals surface area contributed by atoms with E-state index < -0.39 is 42.1 Å². The van der Waals surface area contributed by atoms with Crippen molar-refractivity contribution in [2.75, 3.05) is 18.1 Å². The van der Waals surface area contributed by atoms with Gasteiger partial charge in [-0.1, -0.05) is 31.5 Å². The number of ether oxygens (including phenoxy) is 1. The molecule has 1 aliphatic carbocycles. The summed E-state index contributed by atoms with van der Waals surface area (Å²) in [6.07, 6.45) is -2.00. The second kappa shape index (κ2) is 6.28. The molecule has 1 aromatic carbocycles. The maximum atomic E-state index is 13.5. The van der Waals surface area contributed by atoms with Crippen molar-refractivity contribution >= 4 is 17.3 Å². The zero-order valence-electron chi connectivity index (χ0n) is 19.6. The molecule has 0 radical (unpaired) electrons. The van der Waals surface area contributed by atoms with Gasteiger partial charge in [0.25, 0.3) is 0 Å². The number of para-hydroxylation sites is 1. The summed E-state index contributed by atoms with van der Waals surface area (Å²) in [6, 6.07) is 7.21. The van der Waals surface area contributed by atoms with E-state index in [0.717, 1.165) is 0 Å². The fourth-order valence-corrected chi connectivity index (χ4v) is 4.41. The highest BCUT2D eigenvalue weighted by Crippen LogP contribution is 2.51. The van der Waals surface area contributed by atoms with Gasteiger partial charge in [0.2, 0.25) is 0 Å². The molecule has 3 atom stereocenters. The van der Waals surface area contributed by atoms with Crippen molar-refractivity contribution < 1.29 is 24.9 Å². The number of aliphatic hydroxyl groups is 1. The number of rotatable bonds is 5. The van der Waals surface area contributed by atoms with E-state index in [0.29, 0.717) is 30.7 Å². The number of carbonyl (C=O) groups is 2. The zero-order valence-corrected chi connectivity index (χ0v) is 15.6. The van der Waals surface area contributed by atoms with E-state index >= 15 is 0 Å². The fourth-order valence-electron chi connectivity index (χ4n) is 4.41. The third-order valence-electron chi connectivity index (χ3n) is 5.91. The van der Waals surface area contributed by atoms with E-state index in [1.165, 1.54) is 6.92 Å². The van der Waals surface area contributed by atoms with Gasteiger partial charge in [-0.2, -0.15) is 0 Å². The highest BCUT2D eigenvalue weighted by molar-refractivity contribution is 6.27. The number of allylic oxidation sites excluding steroid dienone is 2. The van der Waals surface area contributed by atoms with Crippen LogP contribution < -0.4 is 4.90 Å². The summed E-state index contributed by atoms with van der Waals surface area (Å²) in [5.41, 5.74) is -2.28. The van der Waals surface area contributed by atoms with Crippen LogP contribution in [0.5, 0.6) is 0 Å². The molecular formula is C22H27NO4. The molecule has 0 bridgehead atoms. The lowest BCUT2D eigenvalue weighted by molar-refractivity contribution is -0.133. The van der Waals surface area contributed by atoms with Gasteiger partial charge in [-0.3, -0.25) is 9.59 Å². The third kappa shape index (κ3) is 2.44. The van der Waals surface area contributed by atoms with Crippen molar-refractivity contribution in [2.24, 2.45) is 5.41 Å². The lowest BCUT2D eigenvalue weighted by Gasteiger charge is -2.34. The lowest BCUT2D eigenvalue weighted by Crippen LogP contribution is -2.50. The summed E-state index contributed by atoms with van der Waals surface area (Å²) in [7, 11) is 0. The molecule has 2 heterocycles. The van der Waals surface area contributed by atoms with Gasteiger partial charge in [0, 0.05) is 35.3 Å². The first-order chi connectivity index (χ1) is 14.5. The number of fused-ring (bicyclic) bond motifs is 3. The molecule has 1 fully saturated rings. The molecule has 0 spiro atoms. The molecule has 1 saturated heterocycles. The van der Waals surface area contributed by atoms with Crippen LogP contribution >= 0.6 is 0 Å². The average Bonchev–Trinajstić information content (AvgIpc) is 3.26. The fraction of sp³-hybridized carbons (Fsp3) is 0.545. The van der Waals surface area contributed by atoms with Crippen molar-refractivity contribution in [1.29, 1.82) is 0 Å². The lowest BCUT2D eigenvalue weighted by atomic mass is 9.82. The van der Waals surface area contributed by atoms with Crippen molar-refractivity contribution in [3.05, 3.63) is 41.0 Å². The Morgan fingerprint density at radius 3 is 2.89 bits per heavy atom. The Bertz CT molecular complexity index is 978. The number of anilines is 1. The molecule has 4 rings (SSSR count). The zero-order chi connectivity index (χ0) is 22.8. The Balaban J connectivity index is 1.76. The van der Waals surface area contributed by atoms with Gasteiger partial charge < -0.3 is 14.7 Å². The number of carbonyl (C=O) groups excluding carboxylic acids is 2. The molecule has 144 valence electrons. The summed E-state index contributed by atoms with van der Waals surface area (Å²) in [4.78, 5) is 28.6. The molecule has 1 aromatic rings. The summed E-state index contributed by atoms with van der Waals surface area (Å²) in [5.74, 6) is -1.37. The molecule has 5 heteroatoms. The van der Waals surface area contributed by atoms with Gasteiger partial charge in [0.15, 0.2) is 17.8 Å². The van der Waals surface area contributed by atoms with Crippen molar-refractivity contribution in [3.8, 4) is 0 Å². The van der Waals surface area contributed by atoms with E-state index in [-0.39, 0.29) is 24.1 Å². The number of hydrogen-bond acceptors (Lipinski definition) is 5. The van der Waals surface area contributed by atoms with Gasteiger partial charge in [0.05, 0.1) is 6.61 Å². The maximum absolute atomic E-state index is 13.5. The average molecular weight is 377 g/mol. The van der Waals surface area contributed by atoms with Crippen LogP contribution in [0.3, 0.4) is 0 Å². The Kier molecular flexibility index (Phi) is 3.27. The van der Waals surface area contributed by atoms with E-state index in [1.54, 1.807) is 30.0 Å². The second-order valence-electron chi connectivity index (χ2n) is 7.75. The van der Waals surface area contributed by atoms with Crippen LogP contribution in [-0.4, -0.2) is 36.1 Å². The molecule has 5 nitrogen and oxygen atoms in total. The van der Waals surface area contributed by atoms with Gasteiger partial charge in [-0.05, 0) is 38.2 Å². The molecule has 1 N–H and O–H groups in total. The molecule has 0 saturated carbocycles. The number of benzene rings is 1. The smallest absolute Gasteiger partial charge is 0.174 e. The number of nitrogens with zero attached hydrogens (tertiary/aromatic N) is 1. The first kappa shape index (κ1) is 14.1. The van der Waals surface area contributed by atoms with Crippen LogP contribution in [-0.2, 0) is 19.9 Å². The van der Waals surface area contributed by atoms with Crippen LogP contribution in [0.2, 0.25) is 0 Å². The molecular weight excluding hydrogens is 342 g/mol. The molecule has 0 aromatic heterocycles. The van der Waals surface area contributed by atoms with E-state index in [1.807, 2.05) is 6.07 Å². The predicted octanol–water partition coefficient (Wildman–Crippen LogP) is 3.11. The molecule has 0 amide bonds. The quantitative estimate of drug-likeness (QED) is 0.799. The van der Waals surface area contributed by atoms with Crippen molar-refractivity contribution in [3.63, 3.8) is 0 Å². The number of ketones is 2. The van der Waals surface area contributed by atoms with E-state index in [2.05, 4.69) is 0 Å². The Morgan fingerprint density at radius 2 is 2.15 bits per heavy atom. The standard InChI is InChI=1S/C22H27NO4/c1-4-5-8-15-14(2)18(24)21(3,19(15)25)13-23-17-10-7-6-9-16(17)22(26)11-12-27-20(22)23/h6-7,9-10,20,26H,4-5,8,11-13H2,1-3H3/t20-,21?,22+/m0/s1/i2T2,8T2. The van der Waals surface area contributed by atoms with Gasteiger partial charge in [-0.25, -0.2) is 0 Å². The van der Waals surface area contributed by atoms with E-state index in [9.17, 15) is 14.7 Å². The van der Waals surface area contributed by atoms with Gasteiger partial charge in [0.1, 0.15) is 11.0 Å². The Labute approximate surface area is 165 Å². The predicted molar refractivity (Wildman–Crippen MR) is 102 cm³/mol. The molecule has 3 aliphatic rings. The van der Waals surface area contributed by atoms with Gasteiger partial charge in [-0.15, -0.1) is 0 Å². The molecule has 2 aliphatic heterocycles. The van der Waals surface area contributed by atoms with Crippen LogP contribution in [0.4, 0.5) is 5.69 Å². The van der Waals surface area contributed by atoms with Crippen molar-refractivity contribution in [1.82, 2.24) is 0 Å². The largest absolute Gasteiger partial charge is 0.380 e. The Hall–Kier alpha value is -1.98. The minimum Gasteiger partial charge on any atom is -0.380 e. The molecule has 1 unspecified atom stereocenters. The van der Waals surface area contributed by atoms with Crippen molar-refractivity contribution in [2.45, 2.75) is 58.2 Å². The minimum absolute atomic E-state index is 0.0195. The summed E-state index contributed by atoms with van der Waals surface area (Å²) in [6.45, 7) is 1.67. The minimum atomic E-state index is -2.09. The van der Waals surface area contributed by atoms with Gasteiger partial charge >= 0.3 is 0 Å². The van der Waals surface area contributed by atoms with E-state index in [4.69, 9.17) is 10.2 Å². The SMILES string of the molecule is [3H]C([3H])C1=C(C([3H])([3H])CCC)C(=O)C(C)(CN2c3ccccc3[C@]3(O)CCO[C@H]23)C1=O. The van der Waals surface area contributed by atoms with Crippen LogP contribution in [0.15, 0.2) is 35.4 Å². The first-order valence-electron chi connectivity index (χ1n) is 11.5. The highest BCUT2D eigenvalue weighted by atomic mass is 16.5. The number of Topliss-reactive ketones (excluding diaryl/α,β-unsaturated/α-hetero) is 2. The van der Waals surface area contributed by atoms with Crippen LogP contribution in [0.25, 0.3) is 0 Å². The van der Waals surface area contributed by atoms with Crippen LogP contribution in [0.1, 0.15) is 57.4 Å². The maximum Gasteiger partial charge on any atom is 0.174 e. The highest BCUT2D eigenvalue weighted by Gasteiger charge is 2.58. The monoisotopic (exact) mass is 377 g/mol. The second-order valence-corrected chi connectivity index (χ2v) is 7.75. The first-order valence-corrected chi connectivity index (χ1v) is 9.38. The summed E-state index contributed by atoms with van der Waals surface area (Å²) >= 11 is 0. The van der Waals surface area contributed by atoms with Crippen LogP contribution in [0, 0.1) is 5.41 Å². The number of hydrogen-bond donors (Lipinski definition) is 1. The summed E-state index contributed by atoms with van der Waals surface area (Å²) in [5, 5.41) is 11.3. The normalized spacial score (nSPS) is 35.3. The summed E-state index contributed by atoms with van der Waals surface area (Å²) < 4.78 is 38.3. The topological polar surface area (TPSA) is 66.8 Å².